The van der Waals surface area contributed by atoms with Crippen molar-refractivity contribution >= 4 is 17.8 Å². The van der Waals surface area contributed by atoms with E-state index in [-0.39, 0.29) is 30.9 Å². The highest BCUT2D eigenvalue weighted by Crippen LogP contribution is 2.28. The van der Waals surface area contributed by atoms with Gasteiger partial charge in [0, 0.05) is 19.7 Å². The van der Waals surface area contributed by atoms with Crippen LogP contribution in [0.3, 0.4) is 0 Å². The highest BCUT2D eigenvalue weighted by molar-refractivity contribution is 5.84. The standard InChI is InChI=1S/C13H19NO6/c1-7-8(3-5-20-7)11(15)14-4-2-9(12(16)17)10(6-14)13(18)19/h7-10H,2-6H2,1H3,(H,16,17)(H,18,19). The van der Waals surface area contributed by atoms with Crippen molar-refractivity contribution in [3.05, 3.63) is 0 Å². The molecule has 2 saturated heterocycles. The average Bonchev–Trinajstić information content (AvgIpc) is 2.83. The van der Waals surface area contributed by atoms with Crippen molar-refractivity contribution in [3.63, 3.8) is 0 Å². The second kappa shape index (κ2) is 5.78. The molecule has 0 bridgehead atoms. The fraction of sp³-hybridized carbons (Fsp3) is 0.769. The maximum Gasteiger partial charge on any atom is 0.309 e. The van der Waals surface area contributed by atoms with Crippen molar-refractivity contribution in [1.29, 1.82) is 0 Å². The molecule has 4 atom stereocenters. The van der Waals surface area contributed by atoms with Gasteiger partial charge in [-0.1, -0.05) is 0 Å². The van der Waals surface area contributed by atoms with Crippen molar-refractivity contribution in [2.75, 3.05) is 19.7 Å². The zero-order chi connectivity index (χ0) is 14.9. The minimum Gasteiger partial charge on any atom is -0.481 e. The molecule has 2 heterocycles. The highest BCUT2D eigenvalue weighted by Gasteiger charge is 2.42. The number of carbonyl (C=O) groups is 3. The van der Waals surface area contributed by atoms with Gasteiger partial charge < -0.3 is 19.8 Å². The molecule has 0 aliphatic carbocycles. The van der Waals surface area contributed by atoms with Crippen molar-refractivity contribution < 1.29 is 29.3 Å². The summed E-state index contributed by atoms with van der Waals surface area (Å²) in [5, 5.41) is 18.2. The Hall–Kier alpha value is -1.63. The molecule has 2 rings (SSSR count). The topological polar surface area (TPSA) is 104 Å². The molecule has 0 aromatic carbocycles. The fourth-order valence-corrected chi connectivity index (χ4v) is 2.99. The van der Waals surface area contributed by atoms with Gasteiger partial charge in [0.25, 0.3) is 0 Å². The zero-order valence-electron chi connectivity index (χ0n) is 11.3. The number of rotatable bonds is 3. The smallest absolute Gasteiger partial charge is 0.309 e. The van der Waals surface area contributed by atoms with Crippen LogP contribution in [0.25, 0.3) is 0 Å². The van der Waals surface area contributed by atoms with Crippen molar-refractivity contribution in [3.8, 4) is 0 Å². The molecule has 20 heavy (non-hydrogen) atoms. The third kappa shape index (κ3) is 2.77. The van der Waals surface area contributed by atoms with Crippen molar-refractivity contribution in [1.82, 2.24) is 4.90 Å². The molecule has 0 spiro atoms. The van der Waals surface area contributed by atoms with Gasteiger partial charge in [-0.15, -0.1) is 0 Å². The Labute approximate surface area is 116 Å². The number of nitrogens with zero attached hydrogens (tertiary/aromatic N) is 1. The summed E-state index contributed by atoms with van der Waals surface area (Å²) in [6, 6.07) is 0. The first-order valence-corrected chi connectivity index (χ1v) is 6.77. The van der Waals surface area contributed by atoms with Crippen LogP contribution in [0.5, 0.6) is 0 Å². The molecular weight excluding hydrogens is 266 g/mol. The second-order valence-electron chi connectivity index (χ2n) is 5.43. The summed E-state index contributed by atoms with van der Waals surface area (Å²) in [7, 11) is 0. The Kier molecular flexibility index (Phi) is 4.27. The van der Waals surface area contributed by atoms with Gasteiger partial charge in [0.2, 0.25) is 5.91 Å². The molecule has 1 amide bonds. The Morgan fingerprint density at radius 1 is 1.05 bits per heavy atom. The van der Waals surface area contributed by atoms with Crippen molar-refractivity contribution in [2.45, 2.75) is 25.9 Å². The molecule has 2 aliphatic rings. The van der Waals surface area contributed by atoms with E-state index in [0.29, 0.717) is 19.6 Å². The predicted molar refractivity (Wildman–Crippen MR) is 67.0 cm³/mol. The molecule has 0 saturated carbocycles. The number of amides is 1. The Morgan fingerprint density at radius 2 is 1.70 bits per heavy atom. The number of ether oxygens (including phenoxy) is 1. The van der Waals surface area contributed by atoms with Gasteiger partial charge in [0.1, 0.15) is 0 Å². The first-order chi connectivity index (χ1) is 9.41. The average molecular weight is 285 g/mol. The number of likely N-dealkylation sites (tertiary alicyclic amines) is 1. The third-order valence-electron chi connectivity index (χ3n) is 4.25. The van der Waals surface area contributed by atoms with Crippen LogP contribution in [0.4, 0.5) is 0 Å². The van der Waals surface area contributed by atoms with E-state index in [2.05, 4.69) is 0 Å². The van der Waals surface area contributed by atoms with Crippen LogP contribution in [0.15, 0.2) is 0 Å². The van der Waals surface area contributed by atoms with E-state index in [1.807, 2.05) is 6.92 Å². The molecular formula is C13H19NO6. The van der Waals surface area contributed by atoms with Crippen LogP contribution in [0.1, 0.15) is 19.8 Å². The van der Waals surface area contributed by atoms with Gasteiger partial charge in [0.05, 0.1) is 23.9 Å². The summed E-state index contributed by atoms with van der Waals surface area (Å²) in [6.45, 7) is 2.62. The highest BCUT2D eigenvalue weighted by atomic mass is 16.5. The van der Waals surface area contributed by atoms with E-state index in [1.165, 1.54) is 4.90 Å². The monoisotopic (exact) mass is 285 g/mol. The van der Waals surface area contributed by atoms with E-state index in [0.717, 1.165) is 0 Å². The summed E-state index contributed by atoms with van der Waals surface area (Å²) in [6.07, 6.45) is 0.652. The Balaban J connectivity index is 2.06. The van der Waals surface area contributed by atoms with Crippen LogP contribution in [-0.4, -0.2) is 58.8 Å². The number of carbonyl (C=O) groups excluding carboxylic acids is 1. The van der Waals surface area contributed by atoms with E-state index < -0.39 is 23.8 Å². The molecule has 2 aliphatic heterocycles. The number of carboxylic acid groups (broad SMARTS) is 2. The lowest BCUT2D eigenvalue weighted by Crippen LogP contribution is -2.50. The van der Waals surface area contributed by atoms with E-state index in [4.69, 9.17) is 14.9 Å². The molecule has 0 radical (unpaired) electrons. The second-order valence-corrected chi connectivity index (χ2v) is 5.43. The molecule has 7 heteroatoms. The molecule has 112 valence electrons. The first kappa shape index (κ1) is 14.8. The number of hydrogen-bond acceptors (Lipinski definition) is 4. The largest absolute Gasteiger partial charge is 0.481 e. The molecule has 4 unspecified atom stereocenters. The first-order valence-electron chi connectivity index (χ1n) is 6.77. The summed E-state index contributed by atoms with van der Waals surface area (Å²) >= 11 is 0. The quantitative estimate of drug-likeness (QED) is 0.759. The summed E-state index contributed by atoms with van der Waals surface area (Å²) < 4.78 is 5.35. The lowest BCUT2D eigenvalue weighted by Gasteiger charge is -2.36. The van der Waals surface area contributed by atoms with Gasteiger partial charge in [0.15, 0.2) is 0 Å². The normalized spacial score (nSPS) is 34.0. The number of carboxylic acids is 2. The van der Waals surface area contributed by atoms with E-state index in [1.54, 1.807) is 0 Å². The van der Waals surface area contributed by atoms with Crippen LogP contribution in [0, 0.1) is 17.8 Å². The molecule has 0 aromatic heterocycles. The third-order valence-corrected chi connectivity index (χ3v) is 4.25. The number of piperidine rings is 1. The molecule has 2 fully saturated rings. The minimum absolute atomic E-state index is 0.0334. The van der Waals surface area contributed by atoms with Crippen LogP contribution < -0.4 is 0 Å². The SMILES string of the molecule is CC1OCCC1C(=O)N1CCC(C(=O)O)C(C(=O)O)C1. The fourth-order valence-electron chi connectivity index (χ4n) is 2.99. The minimum atomic E-state index is -1.16. The van der Waals surface area contributed by atoms with E-state index >= 15 is 0 Å². The van der Waals surface area contributed by atoms with Crippen LogP contribution >= 0.6 is 0 Å². The van der Waals surface area contributed by atoms with Gasteiger partial charge in [-0.3, -0.25) is 14.4 Å². The maximum atomic E-state index is 12.4. The predicted octanol–water partition coefficient (Wildman–Crippen LogP) is 0.0453. The summed E-state index contributed by atoms with van der Waals surface area (Å²) in [4.78, 5) is 36.1. The lowest BCUT2D eigenvalue weighted by atomic mass is 9.84. The summed E-state index contributed by atoms with van der Waals surface area (Å²) in [5.74, 6) is -4.60. The van der Waals surface area contributed by atoms with Gasteiger partial charge in [-0.25, -0.2) is 0 Å². The Bertz CT molecular complexity index is 423. The van der Waals surface area contributed by atoms with Crippen LogP contribution in [-0.2, 0) is 19.1 Å². The van der Waals surface area contributed by atoms with Gasteiger partial charge >= 0.3 is 11.9 Å². The van der Waals surface area contributed by atoms with Gasteiger partial charge in [-0.2, -0.15) is 0 Å². The van der Waals surface area contributed by atoms with Crippen LogP contribution in [0.2, 0.25) is 0 Å². The molecule has 7 nitrogen and oxygen atoms in total. The maximum absolute atomic E-state index is 12.4. The molecule has 0 aromatic rings. The number of aliphatic carboxylic acids is 2. The van der Waals surface area contributed by atoms with Gasteiger partial charge in [-0.05, 0) is 19.8 Å². The zero-order valence-corrected chi connectivity index (χ0v) is 11.3. The lowest BCUT2D eigenvalue weighted by molar-refractivity contribution is -0.160. The van der Waals surface area contributed by atoms with Crippen molar-refractivity contribution in [2.24, 2.45) is 17.8 Å². The van der Waals surface area contributed by atoms with E-state index in [9.17, 15) is 14.4 Å². The molecule has 2 N–H and O–H groups in total. The number of hydrogen-bond donors (Lipinski definition) is 2. The summed E-state index contributed by atoms with van der Waals surface area (Å²) in [5.41, 5.74) is 0. The Morgan fingerprint density at radius 3 is 2.20 bits per heavy atom.